The summed E-state index contributed by atoms with van der Waals surface area (Å²) in [6.07, 6.45) is 0.703. The number of carbonyl (C=O) groups is 1. The summed E-state index contributed by atoms with van der Waals surface area (Å²) in [7, 11) is 0. The molecule has 164 valence electrons. The first-order chi connectivity index (χ1) is 15.4. The highest BCUT2D eigenvalue weighted by atomic mass is 35.5. The molecule has 5 nitrogen and oxygen atoms in total. The molecule has 1 aromatic heterocycles. The van der Waals surface area contributed by atoms with Gasteiger partial charge in [-0.25, -0.2) is 4.79 Å². The first-order valence-electron chi connectivity index (χ1n) is 10.3. The van der Waals surface area contributed by atoms with Crippen LogP contribution >= 0.6 is 23.2 Å². The van der Waals surface area contributed by atoms with Gasteiger partial charge in [0.2, 0.25) is 5.91 Å². The van der Waals surface area contributed by atoms with Crippen LogP contribution in [0.25, 0.3) is 11.1 Å². The smallest absolute Gasteiger partial charge is 0.408 e. The Balaban J connectivity index is 1.54. The maximum atomic E-state index is 12.9. The van der Waals surface area contributed by atoms with E-state index < -0.39 is 5.76 Å². The van der Waals surface area contributed by atoms with Crippen molar-refractivity contribution in [3.63, 3.8) is 0 Å². The van der Waals surface area contributed by atoms with Crippen molar-refractivity contribution in [1.29, 1.82) is 0 Å². The van der Waals surface area contributed by atoms with Gasteiger partial charge in [0.25, 0.3) is 0 Å². The molecule has 0 bridgehead atoms. The molecule has 0 saturated carbocycles. The molecule has 0 aliphatic heterocycles. The zero-order valence-electron chi connectivity index (χ0n) is 17.4. The van der Waals surface area contributed by atoms with Crippen molar-refractivity contribution in [1.82, 2.24) is 9.88 Å². The normalized spacial score (nSPS) is 13.1. The Labute approximate surface area is 195 Å². The second-order valence-electron chi connectivity index (χ2n) is 7.77. The molecule has 32 heavy (non-hydrogen) atoms. The lowest BCUT2D eigenvalue weighted by Crippen LogP contribution is -2.40. The van der Waals surface area contributed by atoms with E-state index in [2.05, 4.69) is 5.32 Å². The average molecular weight is 469 g/mol. The Bertz CT molecular complexity index is 1280. The van der Waals surface area contributed by atoms with E-state index in [0.29, 0.717) is 27.6 Å². The van der Waals surface area contributed by atoms with Crippen LogP contribution in [-0.2, 0) is 17.8 Å². The van der Waals surface area contributed by atoms with E-state index in [4.69, 9.17) is 27.6 Å². The number of oxazole rings is 1. The Morgan fingerprint density at radius 2 is 1.59 bits per heavy atom. The van der Waals surface area contributed by atoms with Crippen molar-refractivity contribution in [2.45, 2.75) is 31.8 Å². The summed E-state index contributed by atoms with van der Waals surface area (Å²) in [5.41, 5.74) is 3.21. The van der Waals surface area contributed by atoms with Gasteiger partial charge in [0, 0.05) is 22.0 Å². The van der Waals surface area contributed by atoms with Gasteiger partial charge in [0.05, 0.1) is 5.52 Å². The van der Waals surface area contributed by atoms with Gasteiger partial charge in [-0.05, 0) is 60.9 Å². The van der Waals surface area contributed by atoms with Gasteiger partial charge in [0.1, 0.15) is 6.54 Å². The predicted molar refractivity (Wildman–Crippen MR) is 127 cm³/mol. The number of carbonyl (C=O) groups excluding carboxylic acids is 1. The zero-order valence-corrected chi connectivity index (χ0v) is 18.9. The van der Waals surface area contributed by atoms with Crippen LogP contribution in [0.1, 0.15) is 24.0 Å². The second-order valence-corrected chi connectivity index (χ2v) is 8.64. The van der Waals surface area contributed by atoms with Crippen molar-refractivity contribution in [2.24, 2.45) is 0 Å². The maximum absolute atomic E-state index is 12.9. The quantitative estimate of drug-likeness (QED) is 0.393. The largest absolute Gasteiger partial charge is 0.420 e. The number of halogens is 2. The SMILES string of the molecule is C[C@@H](NC(=O)Cn1c(=O)oc2ccccc21)[C@H](Cc1ccc(Cl)cc1)c1ccc(Cl)cc1. The highest BCUT2D eigenvalue weighted by Gasteiger charge is 2.23. The van der Waals surface area contributed by atoms with Crippen LogP contribution in [0.4, 0.5) is 0 Å². The highest BCUT2D eigenvalue weighted by molar-refractivity contribution is 6.30. The zero-order chi connectivity index (χ0) is 22.7. The van der Waals surface area contributed by atoms with Crippen molar-refractivity contribution < 1.29 is 9.21 Å². The van der Waals surface area contributed by atoms with Crippen molar-refractivity contribution in [3.05, 3.63) is 105 Å². The molecule has 4 rings (SSSR count). The molecular formula is C25H22Cl2N2O3. The van der Waals surface area contributed by atoms with Crippen molar-refractivity contribution >= 4 is 40.2 Å². The number of benzene rings is 3. The third kappa shape index (κ3) is 5.06. The number of fused-ring (bicyclic) bond motifs is 1. The van der Waals surface area contributed by atoms with E-state index in [0.717, 1.165) is 11.1 Å². The van der Waals surface area contributed by atoms with Gasteiger partial charge in [-0.15, -0.1) is 0 Å². The minimum Gasteiger partial charge on any atom is -0.408 e. The first-order valence-corrected chi connectivity index (χ1v) is 11.0. The van der Waals surface area contributed by atoms with Crippen molar-refractivity contribution in [3.8, 4) is 0 Å². The van der Waals surface area contributed by atoms with E-state index in [1.54, 1.807) is 24.3 Å². The Hall–Kier alpha value is -3.02. The molecule has 7 heteroatoms. The Morgan fingerprint density at radius 3 is 2.28 bits per heavy atom. The molecule has 1 N–H and O–H groups in total. The van der Waals surface area contributed by atoms with Gasteiger partial charge in [-0.3, -0.25) is 9.36 Å². The lowest BCUT2D eigenvalue weighted by molar-refractivity contribution is -0.122. The van der Waals surface area contributed by atoms with Crippen LogP contribution in [0, 0.1) is 0 Å². The third-order valence-corrected chi connectivity index (χ3v) is 6.04. The van der Waals surface area contributed by atoms with E-state index in [-0.39, 0.29) is 24.4 Å². The summed E-state index contributed by atoms with van der Waals surface area (Å²) < 4.78 is 6.57. The minimum absolute atomic E-state index is 0.00444. The fourth-order valence-corrected chi connectivity index (χ4v) is 4.13. The second kappa shape index (κ2) is 9.63. The standard InChI is InChI=1S/C25H22Cl2N2O3/c1-16(28-24(30)15-29-22-4-2-3-5-23(22)32-25(29)31)21(18-8-12-20(27)13-9-18)14-17-6-10-19(26)11-7-17/h2-13,16,21H,14-15H2,1H3,(H,28,30)/t16-,21+/m1/s1. The summed E-state index contributed by atoms with van der Waals surface area (Å²) in [4.78, 5) is 25.1. The fraction of sp³-hybridized carbons (Fsp3) is 0.200. The number of hydrogen-bond donors (Lipinski definition) is 1. The summed E-state index contributed by atoms with van der Waals surface area (Å²) in [6, 6.07) is 22.2. The topological polar surface area (TPSA) is 64.2 Å². The molecule has 0 fully saturated rings. The summed E-state index contributed by atoms with van der Waals surface area (Å²) >= 11 is 12.1. The number of hydrogen-bond acceptors (Lipinski definition) is 3. The molecule has 0 spiro atoms. The molecule has 1 amide bonds. The molecule has 0 unspecified atom stereocenters. The van der Waals surface area contributed by atoms with E-state index in [9.17, 15) is 9.59 Å². The highest BCUT2D eigenvalue weighted by Crippen LogP contribution is 2.27. The Morgan fingerprint density at radius 1 is 0.969 bits per heavy atom. The monoisotopic (exact) mass is 468 g/mol. The van der Waals surface area contributed by atoms with Gasteiger partial charge in [-0.1, -0.05) is 59.6 Å². The molecule has 0 aliphatic rings. The maximum Gasteiger partial charge on any atom is 0.420 e. The molecule has 0 radical (unpaired) electrons. The predicted octanol–water partition coefficient (Wildman–Crippen LogP) is 5.43. The fourth-order valence-electron chi connectivity index (χ4n) is 3.88. The van der Waals surface area contributed by atoms with Gasteiger partial charge in [-0.2, -0.15) is 0 Å². The average Bonchev–Trinajstić information content (AvgIpc) is 3.09. The van der Waals surface area contributed by atoms with Crippen LogP contribution in [0.3, 0.4) is 0 Å². The lowest BCUT2D eigenvalue weighted by atomic mass is 9.86. The molecule has 4 aromatic rings. The number of aromatic nitrogens is 1. The van der Waals surface area contributed by atoms with Gasteiger partial charge in [0.15, 0.2) is 5.58 Å². The summed E-state index contributed by atoms with van der Waals surface area (Å²) in [5, 5.41) is 4.39. The third-order valence-electron chi connectivity index (χ3n) is 5.53. The van der Waals surface area contributed by atoms with Gasteiger partial charge >= 0.3 is 5.76 Å². The number of para-hydroxylation sites is 2. The number of rotatable bonds is 7. The van der Waals surface area contributed by atoms with E-state index in [1.165, 1.54) is 4.57 Å². The number of amides is 1. The lowest BCUT2D eigenvalue weighted by Gasteiger charge is -2.26. The molecular weight excluding hydrogens is 447 g/mol. The molecule has 0 aliphatic carbocycles. The molecule has 2 atom stereocenters. The number of nitrogens with zero attached hydrogens (tertiary/aromatic N) is 1. The van der Waals surface area contributed by atoms with Crippen LogP contribution in [-0.4, -0.2) is 16.5 Å². The summed E-state index contributed by atoms with van der Waals surface area (Å²) in [6.45, 7) is 1.85. The molecule has 3 aromatic carbocycles. The van der Waals surface area contributed by atoms with Crippen molar-refractivity contribution in [2.75, 3.05) is 0 Å². The van der Waals surface area contributed by atoms with Crippen LogP contribution in [0.15, 0.2) is 82.0 Å². The minimum atomic E-state index is -0.551. The molecule has 0 saturated heterocycles. The number of nitrogens with one attached hydrogen (secondary N) is 1. The van der Waals surface area contributed by atoms with E-state index >= 15 is 0 Å². The van der Waals surface area contributed by atoms with Gasteiger partial charge < -0.3 is 9.73 Å². The Kier molecular flexibility index (Phi) is 6.68. The van der Waals surface area contributed by atoms with Crippen LogP contribution in [0.2, 0.25) is 10.0 Å². The van der Waals surface area contributed by atoms with E-state index in [1.807, 2.05) is 55.5 Å². The van der Waals surface area contributed by atoms with Crippen LogP contribution < -0.4 is 11.1 Å². The van der Waals surface area contributed by atoms with Crippen LogP contribution in [0.5, 0.6) is 0 Å². The summed E-state index contributed by atoms with van der Waals surface area (Å²) in [5.74, 6) is -0.819. The first kappa shape index (κ1) is 22.2. The molecule has 1 heterocycles.